The molecule has 0 aromatic rings. The molecule has 0 radical (unpaired) electrons. The highest BCUT2D eigenvalue weighted by atomic mass is 16.6. The first-order valence-corrected chi connectivity index (χ1v) is 23.8. The van der Waals surface area contributed by atoms with E-state index in [4.69, 9.17) is 14.2 Å². The Balaban J connectivity index is 4.41. The van der Waals surface area contributed by atoms with Crippen molar-refractivity contribution >= 4 is 17.9 Å². The fraction of sp³-hybridized carbons (Fsp3) is 0.745. The highest BCUT2D eigenvalue weighted by molar-refractivity contribution is 5.71. The van der Waals surface area contributed by atoms with E-state index in [1.165, 1.54) is 70.6 Å². The number of hydrogen-bond acceptors (Lipinski definition) is 6. The molecule has 0 amide bonds. The average molecular weight is 797 g/mol. The Labute approximate surface area is 351 Å². The van der Waals surface area contributed by atoms with Gasteiger partial charge in [-0.05, 0) is 64.2 Å². The van der Waals surface area contributed by atoms with Crippen molar-refractivity contribution in [1.82, 2.24) is 0 Å². The van der Waals surface area contributed by atoms with Gasteiger partial charge < -0.3 is 14.2 Å². The van der Waals surface area contributed by atoms with Crippen molar-refractivity contribution in [2.75, 3.05) is 13.2 Å². The van der Waals surface area contributed by atoms with Crippen LogP contribution in [0.2, 0.25) is 0 Å². The zero-order valence-electron chi connectivity index (χ0n) is 37.3. The molecule has 0 aliphatic carbocycles. The lowest BCUT2D eigenvalue weighted by Crippen LogP contribution is -2.30. The summed E-state index contributed by atoms with van der Waals surface area (Å²) in [5.41, 5.74) is 0. The fourth-order valence-corrected chi connectivity index (χ4v) is 6.54. The molecule has 1 unspecified atom stereocenters. The topological polar surface area (TPSA) is 78.9 Å². The molecule has 0 saturated carbocycles. The molecule has 0 aromatic carbocycles. The highest BCUT2D eigenvalue weighted by Crippen LogP contribution is 2.15. The normalized spacial score (nSPS) is 12.5. The Morgan fingerprint density at radius 3 is 1.25 bits per heavy atom. The van der Waals surface area contributed by atoms with Crippen LogP contribution >= 0.6 is 0 Å². The van der Waals surface area contributed by atoms with Gasteiger partial charge in [-0.1, -0.05) is 204 Å². The Morgan fingerprint density at radius 1 is 0.386 bits per heavy atom. The van der Waals surface area contributed by atoms with Crippen molar-refractivity contribution in [3.05, 3.63) is 60.8 Å². The zero-order valence-corrected chi connectivity index (χ0v) is 37.3. The molecule has 0 aliphatic heterocycles. The molecular weight excluding hydrogens is 709 g/mol. The standard InChI is InChI=1S/C51H88O6/c1-4-7-10-13-16-19-22-25-27-29-32-35-38-41-44-50(53)56-47-48(46-55-49(52)43-40-37-34-31-28-24-21-18-15-12-9-6-3)57-51(54)45-42-39-36-33-30-26-23-20-17-14-11-8-5-2/h8-9,11-12,14,17-18,20-21,23,48H,4-7,10,13,15-16,19,22,24-47H2,1-3H3/b11-8-,12-9-,17-14-,21-18-,23-20-. The van der Waals surface area contributed by atoms with Crippen LogP contribution in [0.5, 0.6) is 0 Å². The van der Waals surface area contributed by atoms with Crippen molar-refractivity contribution in [2.24, 2.45) is 0 Å². The Bertz CT molecular complexity index is 1050. The van der Waals surface area contributed by atoms with Crippen molar-refractivity contribution in [1.29, 1.82) is 0 Å². The van der Waals surface area contributed by atoms with Crippen molar-refractivity contribution in [2.45, 2.75) is 232 Å². The van der Waals surface area contributed by atoms with Crippen LogP contribution in [0.25, 0.3) is 0 Å². The van der Waals surface area contributed by atoms with E-state index in [2.05, 4.69) is 81.5 Å². The van der Waals surface area contributed by atoms with Crippen molar-refractivity contribution < 1.29 is 28.6 Å². The molecule has 6 heteroatoms. The molecule has 0 heterocycles. The largest absolute Gasteiger partial charge is 0.462 e. The minimum atomic E-state index is -0.787. The maximum atomic E-state index is 12.7. The molecule has 0 rings (SSSR count). The predicted octanol–water partition coefficient (Wildman–Crippen LogP) is 15.3. The van der Waals surface area contributed by atoms with Crippen LogP contribution < -0.4 is 0 Å². The second kappa shape index (κ2) is 45.8. The van der Waals surface area contributed by atoms with Crippen LogP contribution in [0.1, 0.15) is 226 Å². The Morgan fingerprint density at radius 2 is 0.772 bits per heavy atom. The van der Waals surface area contributed by atoms with Gasteiger partial charge >= 0.3 is 17.9 Å². The van der Waals surface area contributed by atoms with Crippen molar-refractivity contribution in [3.63, 3.8) is 0 Å². The molecule has 0 aromatic heterocycles. The summed E-state index contributed by atoms with van der Waals surface area (Å²) in [5, 5.41) is 0. The molecule has 0 fully saturated rings. The number of rotatable bonds is 42. The predicted molar refractivity (Wildman–Crippen MR) is 242 cm³/mol. The molecule has 0 N–H and O–H groups in total. The summed E-state index contributed by atoms with van der Waals surface area (Å²) in [7, 11) is 0. The number of hydrogen-bond donors (Lipinski definition) is 0. The van der Waals surface area contributed by atoms with Gasteiger partial charge in [0.15, 0.2) is 6.10 Å². The van der Waals surface area contributed by atoms with Crippen LogP contribution in [-0.4, -0.2) is 37.2 Å². The minimum absolute atomic E-state index is 0.0859. The summed E-state index contributed by atoms with van der Waals surface area (Å²) >= 11 is 0. The molecule has 0 spiro atoms. The third-order valence-corrected chi connectivity index (χ3v) is 10.1. The van der Waals surface area contributed by atoms with E-state index in [9.17, 15) is 14.4 Å². The first kappa shape index (κ1) is 54.1. The van der Waals surface area contributed by atoms with E-state index in [0.29, 0.717) is 19.3 Å². The fourth-order valence-electron chi connectivity index (χ4n) is 6.54. The lowest BCUT2D eigenvalue weighted by molar-refractivity contribution is -0.167. The van der Waals surface area contributed by atoms with Gasteiger partial charge in [-0.3, -0.25) is 14.4 Å². The highest BCUT2D eigenvalue weighted by Gasteiger charge is 2.19. The second-order valence-corrected chi connectivity index (χ2v) is 15.7. The third kappa shape index (κ3) is 44.1. The number of carbonyl (C=O) groups excluding carboxylic acids is 3. The van der Waals surface area contributed by atoms with Crippen LogP contribution in [-0.2, 0) is 28.6 Å². The van der Waals surface area contributed by atoms with Crippen LogP contribution in [0.3, 0.4) is 0 Å². The number of unbranched alkanes of at least 4 members (excludes halogenated alkanes) is 23. The van der Waals surface area contributed by atoms with E-state index in [0.717, 1.165) is 116 Å². The number of allylic oxidation sites excluding steroid dienone is 10. The number of ether oxygens (including phenoxy) is 3. The second-order valence-electron chi connectivity index (χ2n) is 15.7. The van der Waals surface area contributed by atoms with Crippen LogP contribution in [0.4, 0.5) is 0 Å². The summed E-state index contributed by atoms with van der Waals surface area (Å²) in [6, 6.07) is 0. The molecule has 0 saturated heterocycles. The van der Waals surface area contributed by atoms with E-state index >= 15 is 0 Å². The third-order valence-electron chi connectivity index (χ3n) is 10.1. The first-order chi connectivity index (χ1) is 28.0. The zero-order chi connectivity index (χ0) is 41.5. The van der Waals surface area contributed by atoms with Gasteiger partial charge in [0.2, 0.25) is 0 Å². The number of esters is 3. The summed E-state index contributed by atoms with van der Waals surface area (Å²) in [5.74, 6) is -0.922. The lowest BCUT2D eigenvalue weighted by Gasteiger charge is -2.18. The molecular formula is C51H88O6. The molecule has 328 valence electrons. The van der Waals surface area contributed by atoms with Gasteiger partial charge in [-0.15, -0.1) is 0 Å². The van der Waals surface area contributed by atoms with E-state index < -0.39 is 6.10 Å². The SMILES string of the molecule is CC\C=C/C=C\C=C/CCCCCCCC(=O)OC(COC(=O)CCCCCCC/C=C\C/C=C\CC)COC(=O)CCCCCCCCCCCCCCCC. The molecule has 1 atom stereocenters. The molecule has 57 heavy (non-hydrogen) atoms. The summed E-state index contributed by atoms with van der Waals surface area (Å²) in [4.78, 5) is 37.8. The van der Waals surface area contributed by atoms with Gasteiger partial charge in [-0.25, -0.2) is 0 Å². The lowest BCUT2D eigenvalue weighted by atomic mass is 10.0. The molecule has 0 bridgehead atoms. The Hall–Kier alpha value is -2.89. The molecule has 0 aliphatic rings. The van der Waals surface area contributed by atoms with E-state index in [-0.39, 0.29) is 31.1 Å². The van der Waals surface area contributed by atoms with Gasteiger partial charge in [0.05, 0.1) is 0 Å². The van der Waals surface area contributed by atoms with Gasteiger partial charge in [0.25, 0.3) is 0 Å². The summed E-state index contributed by atoms with van der Waals surface area (Å²) in [6.07, 6.45) is 54.9. The summed E-state index contributed by atoms with van der Waals surface area (Å²) in [6.45, 7) is 6.36. The van der Waals surface area contributed by atoms with Gasteiger partial charge in [-0.2, -0.15) is 0 Å². The smallest absolute Gasteiger partial charge is 0.306 e. The van der Waals surface area contributed by atoms with E-state index in [1.54, 1.807) is 0 Å². The van der Waals surface area contributed by atoms with Crippen molar-refractivity contribution in [3.8, 4) is 0 Å². The van der Waals surface area contributed by atoms with Crippen LogP contribution in [0, 0.1) is 0 Å². The average Bonchev–Trinajstić information content (AvgIpc) is 3.21. The Kier molecular flexibility index (Phi) is 43.5. The summed E-state index contributed by atoms with van der Waals surface area (Å²) < 4.78 is 16.7. The first-order valence-electron chi connectivity index (χ1n) is 23.8. The van der Waals surface area contributed by atoms with Crippen LogP contribution in [0.15, 0.2) is 60.8 Å². The quantitative estimate of drug-likeness (QED) is 0.0201. The maximum absolute atomic E-state index is 12.7. The van der Waals surface area contributed by atoms with E-state index in [1.807, 2.05) is 0 Å². The monoisotopic (exact) mass is 797 g/mol. The molecule has 6 nitrogen and oxygen atoms in total. The van der Waals surface area contributed by atoms with Gasteiger partial charge in [0, 0.05) is 19.3 Å². The number of carbonyl (C=O) groups is 3. The minimum Gasteiger partial charge on any atom is -0.462 e. The maximum Gasteiger partial charge on any atom is 0.306 e. The van der Waals surface area contributed by atoms with Gasteiger partial charge in [0.1, 0.15) is 13.2 Å².